The van der Waals surface area contributed by atoms with E-state index < -0.39 is 11.6 Å². The molecule has 2 nitrogen and oxygen atoms in total. The average molecular weight is 374 g/mol. The Morgan fingerprint density at radius 2 is 1.32 bits per heavy atom. The van der Waals surface area contributed by atoms with Crippen LogP contribution in [-0.2, 0) is 6.42 Å². The van der Waals surface area contributed by atoms with E-state index in [9.17, 15) is 8.78 Å². The highest BCUT2D eigenvalue weighted by Gasteiger charge is 2.08. The van der Waals surface area contributed by atoms with Crippen molar-refractivity contribution in [3.05, 3.63) is 94.6 Å². The van der Waals surface area contributed by atoms with Gasteiger partial charge in [0.25, 0.3) is 0 Å². The van der Waals surface area contributed by atoms with E-state index in [1.165, 1.54) is 12.1 Å². The van der Waals surface area contributed by atoms with Crippen LogP contribution >= 0.6 is 0 Å². The fraction of sp³-hybridized carbons (Fsp3) is 0.167. The highest BCUT2D eigenvalue weighted by atomic mass is 19.1. The molecule has 0 radical (unpaired) electrons. The summed E-state index contributed by atoms with van der Waals surface area (Å²) < 4.78 is 28.2. The van der Waals surface area contributed by atoms with E-state index in [4.69, 9.17) is 0 Å². The van der Waals surface area contributed by atoms with Crippen molar-refractivity contribution < 1.29 is 8.78 Å². The number of hydrogen-bond donors (Lipinski definition) is 0. The van der Waals surface area contributed by atoms with Gasteiger partial charge in [-0.3, -0.25) is 0 Å². The Hall–Kier alpha value is -3.32. The van der Waals surface area contributed by atoms with E-state index in [-0.39, 0.29) is 5.56 Å². The molecule has 0 saturated heterocycles. The highest BCUT2D eigenvalue weighted by molar-refractivity contribution is 5.49. The fourth-order valence-corrected chi connectivity index (χ4v) is 2.65. The molecule has 0 aromatic heterocycles. The van der Waals surface area contributed by atoms with Gasteiger partial charge in [-0.2, -0.15) is 10.2 Å². The lowest BCUT2D eigenvalue weighted by atomic mass is 10.1. The van der Waals surface area contributed by atoms with Gasteiger partial charge in [0.15, 0.2) is 0 Å². The number of azo groups is 1. The maximum atomic E-state index is 14.1. The van der Waals surface area contributed by atoms with Gasteiger partial charge >= 0.3 is 0 Å². The van der Waals surface area contributed by atoms with Crippen molar-refractivity contribution >= 4 is 11.4 Å². The molecule has 3 aromatic carbocycles. The molecule has 0 N–H and O–H groups in total. The van der Waals surface area contributed by atoms with E-state index >= 15 is 0 Å². The van der Waals surface area contributed by atoms with Crippen LogP contribution < -0.4 is 0 Å². The van der Waals surface area contributed by atoms with Gasteiger partial charge in [0.1, 0.15) is 11.6 Å². The molecule has 0 atom stereocenters. The van der Waals surface area contributed by atoms with Crippen molar-refractivity contribution in [3.8, 4) is 11.8 Å². The normalized spacial score (nSPS) is 10.7. The Kier molecular flexibility index (Phi) is 6.29. The molecule has 28 heavy (non-hydrogen) atoms. The first kappa shape index (κ1) is 19.4. The van der Waals surface area contributed by atoms with Gasteiger partial charge in [-0.1, -0.05) is 42.9 Å². The third-order valence-electron chi connectivity index (χ3n) is 4.15. The predicted molar refractivity (Wildman–Crippen MR) is 108 cm³/mol. The lowest BCUT2D eigenvalue weighted by molar-refractivity contribution is 0.573. The molecule has 4 heteroatoms. The van der Waals surface area contributed by atoms with Crippen molar-refractivity contribution in [2.45, 2.75) is 26.7 Å². The van der Waals surface area contributed by atoms with Crippen LogP contribution in [0.1, 0.15) is 35.6 Å². The molecule has 0 fully saturated rings. The van der Waals surface area contributed by atoms with E-state index in [1.54, 1.807) is 24.3 Å². The molecule has 0 heterocycles. The third kappa shape index (κ3) is 5.11. The molecule has 0 bridgehead atoms. The van der Waals surface area contributed by atoms with Crippen LogP contribution in [0.3, 0.4) is 0 Å². The molecule has 0 aliphatic carbocycles. The quantitative estimate of drug-likeness (QED) is 0.346. The van der Waals surface area contributed by atoms with Gasteiger partial charge in [-0.25, -0.2) is 8.78 Å². The molecule has 0 amide bonds. The number of benzene rings is 3. The smallest absolute Gasteiger partial charge is 0.142 e. The standard InChI is InChI=1S/C24H20F2N2/c1-3-4-19-15-23(25)22(24(26)16-19)14-9-18-7-12-21(13-8-18)28-27-20-10-5-17(2)6-11-20/h5-8,10-13,15-16H,3-4H2,1-2H3. The molecule has 0 aliphatic heterocycles. The Morgan fingerprint density at radius 1 is 0.786 bits per heavy atom. The minimum Gasteiger partial charge on any atom is -0.206 e. The second kappa shape index (κ2) is 9.05. The minimum absolute atomic E-state index is 0.206. The topological polar surface area (TPSA) is 24.7 Å². The first-order chi connectivity index (χ1) is 13.5. The van der Waals surface area contributed by atoms with Crippen molar-refractivity contribution in [1.29, 1.82) is 0 Å². The third-order valence-corrected chi connectivity index (χ3v) is 4.15. The largest absolute Gasteiger partial charge is 0.206 e. The summed E-state index contributed by atoms with van der Waals surface area (Å²) in [5, 5.41) is 8.35. The van der Waals surface area contributed by atoms with Gasteiger partial charge in [0.05, 0.1) is 16.9 Å². The zero-order chi connectivity index (χ0) is 19.9. The monoisotopic (exact) mass is 374 g/mol. The summed E-state index contributed by atoms with van der Waals surface area (Å²) in [6.45, 7) is 3.98. The molecule has 0 saturated carbocycles. The van der Waals surface area contributed by atoms with E-state index in [1.807, 2.05) is 38.1 Å². The second-order valence-electron chi connectivity index (χ2n) is 6.52. The first-order valence-electron chi connectivity index (χ1n) is 9.13. The van der Waals surface area contributed by atoms with Gasteiger partial charge < -0.3 is 0 Å². The van der Waals surface area contributed by atoms with Crippen molar-refractivity contribution in [2.24, 2.45) is 10.2 Å². The van der Waals surface area contributed by atoms with Crippen LogP contribution in [0, 0.1) is 30.4 Å². The second-order valence-corrected chi connectivity index (χ2v) is 6.52. The summed E-state index contributed by atoms with van der Waals surface area (Å²) in [4.78, 5) is 0. The number of hydrogen-bond acceptors (Lipinski definition) is 2. The fourth-order valence-electron chi connectivity index (χ4n) is 2.65. The summed E-state index contributed by atoms with van der Waals surface area (Å²) >= 11 is 0. The first-order valence-corrected chi connectivity index (χ1v) is 9.13. The zero-order valence-corrected chi connectivity index (χ0v) is 15.8. The lowest BCUT2D eigenvalue weighted by Gasteiger charge is -2.02. The van der Waals surface area contributed by atoms with E-state index in [2.05, 4.69) is 22.1 Å². The predicted octanol–water partition coefficient (Wildman–Crippen LogP) is 7.04. The van der Waals surface area contributed by atoms with Crippen LogP contribution in [0.2, 0.25) is 0 Å². The summed E-state index contributed by atoms with van der Waals surface area (Å²) in [6, 6.07) is 17.5. The van der Waals surface area contributed by atoms with Gasteiger partial charge in [-0.05, 0) is 67.4 Å². The van der Waals surface area contributed by atoms with Crippen LogP contribution in [-0.4, -0.2) is 0 Å². The van der Waals surface area contributed by atoms with Crippen molar-refractivity contribution in [1.82, 2.24) is 0 Å². The number of nitrogens with zero attached hydrogens (tertiary/aromatic N) is 2. The lowest BCUT2D eigenvalue weighted by Crippen LogP contribution is -1.94. The molecule has 0 spiro atoms. The highest BCUT2D eigenvalue weighted by Crippen LogP contribution is 2.19. The summed E-state index contributed by atoms with van der Waals surface area (Å²) in [6.07, 6.45) is 1.47. The molecule has 3 aromatic rings. The molecule has 0 aliphatic rings. The van der Waals surface area contributed by atoms with Gasteiger partial charge in [-0.15, -0.1) is 0 Å². The summed E-state index contributed by atoms with van der Waals surface area (Å²) in [7, 11) is 0. The summed E-state index contributed by atoms with van der Waals surface area (Å²) in [5.74, 6) is 4.14. The Balaban J connectivity index is 1.74. The summed E-state index contributed by atoms with van der Waals surface area (Å²) in [5.41, 5.74) is 3.69. The Bertz CT molecular complexity index is 1020. The van der Waals surface area contributed by atoms with Crippen LogP contribution in [0.4, 0.5) is 20.2 Å². The van der Waals surface area contributed by atoms with Gasteiger partial charge in [0.2, 0.25) is 0 Å². The van der Waals surface area contributed by atoms with E-state index in [0.717, 1.165) is 17.7 Å². The van der Waals surface area contributed by atoms with Crippen LogP contribution in [0.5, 0.6) is 0 Å². The molecular formula is C24H20F2N2. The zero-order valence-electron chi connectivity index (χ0n) is 15.8. The minimum atomic E-state index is -0.625. The van der Waals surface area contributed by atoms with E-state index in [0.29, 0.717) is 23.2 Å². The SMILES string of the molecule is CCCc1cc(F)c(C#Cc2ccc(N=Nc3ccc(C)cc3)cc2)c(F)c1. The Labute approximate surface area is 164 Å². The number of rotatable bonds is 4. The van der Waals surface area contributed by atoms with Crippen molar-refractivity contribution in [3.63, 3.8) is 0 Å². The molecule has 0 unspecified atom stereocenters. The number of halogens is 2. The van der Waals surface area contributed by atoms with Gasteiger partial charge in [0, 0.05) is 5.56 Å². The molecule has 3 rings (SSSR count). The Morgan fingerprint density at radius 3 is 1.86 bits per heavy atom. The number of aryl methyl sites for hydroxylation is 2. The molecular weight excluding hydrogens is 354 g/mol. The average Bonchev–Trinajstić information content (AvgIpc) is 2.68. The molecule has 140 valence electrons. The van der Waals surface area contributed by atoms with Crippen molar-refractivity contribution in [2.75, 3.05) is 0 Å². The maximum Gasteiger partial charge on any atom is 0.142 e. The van der Waals surface area contributed by atoms with Crippen LogP contribution in [0.15, 0.2) is 70.9 Å². The van der Waals surface area contributed by atoms with Crippen LogP contribution in [0.25, 0.3) is 0 Å². The maximum absolute atomic E-state index is 14.1.